The number of hydrogen-bond acceptors (Lipinski definition) is 4. The Morgan fingerprint density at radius 3 is 1.50 bits per heavy atom. The molecular weight excluding hydrogens is 284 g/mol. The number of benzene rings is 2. The number of carbonyl (C=O) groups excluding carboxylic acids is 2. The maximum absolute atomic E-state index is 11.6. The second-order valence-electron chi connectivity index (χ2n) is 5.20. The molecule has 6 heteroatoms. The summed E-state index contributed by atoms with van der Waals surface area (Å²) in [5, 5.41) is 1.77. The summed E-state index contributed by atoms with van der Waals surface area (Å²) in [6.45, 7) is 0. The zero-order valence-corrected chi connectivity index (χ0v) is 13.0. The Morgan fingerprint density at radius 2 is 1.14 bits per heavy atom. The van der Waals surface area contributed by atoms with E-state index >= 15 is 0 Å². The lowest BCUT2D eigenvalue weighted by Crippen LogP contribution is -2.25. The Labute approximate surface area is 128 Å². The third kappa shape index (κ3) is 3.66. The molecular formula is C16H18N2O4. The summed E-state index contributed by atoms with van der Waals surface area (Å²) in [6, 6.07) is 10.6. The smallest absolute Gasteiger partial charge is 0.410 e. The van der Waals surface area contributed by atoms with Crippen molar-refractivity contribution in [2.45, 2.75) is 0 Å². The molecule has 6 nitrogen and oxygen atoms in total. The van der Waals surface area contributed by atoms with Crippen LogP contribution in [0.15, 0.2) is 36.4 Å². The Kier molecular flexibility index (Phi) is 4.50. The summed E-state index contributed by atoms with van der Waals surface area (Å²) in [5.74, 6) is 0.865. The molecule has 0 saturated heterocycles. The minimum Gasteiger partial charge on any atom is -0.410 e. The molecule has 0 unspecified atom stereocenters. The zero-order chi connectivity index (χ0) is 16.3. The van der Waals surface area contributed by atoms with Gasteiger partial charge in [0.15, 0.2) is 0 Å². The van der Waals surface area contributed by atoms with E-state index in [4.69, 9.17) is 9.47 Å². The highest BCUT2D eigenvalue weighted by Gasteiger charge is 2.09. The van der Waals surface area contributed by atoms with E-state index in [1.807, 2.05) is 12.1 Å². The molecule has 0 spiro atoms. The number of hydrogen-bond donors (Lipinski definition) is 0. The third-order valence-corrected chi connectivity index (χ3v) is 2.92. The molecule has 0 aliphatic heterocycles. The number of amides is 2. The predicted molar refractivity (Wildman–Crippen MR) is 83.4 cm³/mol. The van der Waals surface area contributed by atoms with Crippen LogP contribution in [0.2, 0.25) is 0 Å². The van der Waals surface area contributed by atoms with Gasteiger partial charge in [0.2, 0.25) is 0 Å². The van der Waals surface area contributed by atoms with E-state index in [1.54, 1.807) is 52.5 Å². The van der Waals surface area contributed by atoms with Crippen molar-refractivity contribution in [3.8, 4) is 11.5 Å². The minimum atomic E-state index is -0.449. The van der Waals surface area contributed by atoms with E-state index in [-0.39, 0.29) is 0 Å². The molecule has 116 valence electrons. The van der Waals surface area contributed by atoms with E-state index in [0.29, 0.717) is 11.5 Å². The number of nitrogens with zero attached hydrogens (tertiary/aromatic N) is 2. The largest absolute Gasteiger partial charge is 0.414 e. The van der Waals surface area contributed by atoms with Gasteiger partial charge in [-0.2, -0.15) is 0 Å². The van der Waals surface area contributed by atoms with Gasteiger partial charge in [-0.3, -0.25) is 0 Å². The molecule has 2 rings (SSSR count). The molecule has 2 amide bonds. The van der Waals surface area contributed by atoms with Gasteiger partial charge in [-0.1, -0.05) is 12.1 Å². The lowest BCUT2D eigenvalue weighted by molar-refractivity contribution is 0.171. The van der Waals surface area contributed by atoms with E-state index in [0.717, 1.165) is 10.8 Å². The van der Waals surface area contributed by atoms with Crippen LogP contribution in [0.3, 0.4) is 0 Å². The molecule has 0 atom stereocenters. The number of rotatable bonds is 2. The van der Waals surface area contributed by atoms with Crippen LogP contribution in [0, 0.1) is 0 Å². The van der Waals surface area contributed by atoms with Crippen molar-refractivity contribution in [3.05, 3.63) is 36.4 Å². The van der Waals surface area contributed by atoms with Crippen molar-refractivity contribution >= 4 is 23.0 Å². The summed E-state index contributed by atoms with van der Waals surface area (Å²) in [7, 11) is 6.45. The normalized spacial score (nSPS) is 10.2. The molecule has 0 N–H and O–H groups in total. The monoisotopic (exact) mass is 302 g/mol. The highest BCUT2D eigenvalue weighted by Crippen LogP contribution is 2.25. The van der Waals surface area contributed by atoms with Gasteiger partial charge in [-0.25, -0.2) is 9.59 Å². The first-order chi connectivity index (χ1) is 10.4. The van der Waals surface area contributed by atoms with Crippen molar-refractivity contribution < 1.29 is 19.1 Å². The van der Waals surface area contributed by atoms with Gasteiger partial charge < -0.3 is 19.3 Å². The van der Waals surface area contributed by atoms with Crippen molar-refractivity contribution in [2.24, 2.45) is 0 Å². The summed E-state index contributed by atoms with van der Waals surface area (Å²) in [4.78, 5) is 25.8. The molecule has 2 aromatic carbocycles. The fourth-order valence-electron chi connectivity index (χ4n) is 1.71. The highest BCUT2D eigenvalue weighted by molar-refractivity contribution is 5.86. The Balaban J connectivity index is 2.26. The van der Waals surface area contributed by atoms with Gasteiger partial charge in [0.25, 0.3) is 0 Å². The van der Waals surface area contributed by atoms with Crippen LogP contribution in [-0.2, 0) is 0 Å². The van der Waals surface area contributed by atoms with Gasteiger partial charge in [-0.15, -0.1) is 0 Å². The molecule has 2 aromatic rings. The molecule has 0 heterocycles. The van der Waals surface area contributed by atoms with Gasteiger partial charge in [-0.05, 0) is 35.0 Å². The summed E-state index contributed by atoms with van der Waals surface area (Å²) in [5.41, 5.74) is 0. The van der Waals surface area contributed by atoms with E-state index in [9.17, 15) is 9.59 Å². The Morgan fingerprint density at radius 1 is 0.727 bits per heavy atom. The first kappa shape index (κ1) is 15.6. The first-order valence-corrected chi connectivity index (χ1v) is 6.69. The third-order valence-electron chi connectivity index (χ3n) is 2.92. The van der Waals surface area contributed by atoms with Crippen LogP contribution in [0.1, 0.15) is 0 Å². The fourth-order valence-corrected chi connectivity index (χ4v) is 1.71. The lowest BCUT2D eigenvalue weighted by atomic mass is 10.1. The molecule has 0 aromatic heterocycles. The zero-order valence-electron chi connectivity index (χ0n) is 13.0. The minimum absolute atomic E-state index is 0.433. The summed E-state index contributed by atoms with van der Waals surface area (Å²) < 4.78 is 10.4. The van der Waals surface area contributed by atoms with Crippen LogP contribution in [-0.4, -0.2) is 50.2 Å². The average Bonchev–Trinajstić information content (AvgIpc) is 2.46. The van der Waals surface area contributed by atoms with E-state index < -0.39 is 12.2 Å². The Hall–Kier alpha value is -2.76. The summed E-state index contributed by atoms with van der Waals surface area (Å²) >= 11 is 0. The van der Waals surface area contributed by atoms with Crippen molar-refractivity contribution in [1.29, 1.82) is 0 Å². The quantitative estimate of drug-likeness (QED) is 0.855. The first-order valence-electron chi connectivity index (χ1n) is 6.69. The highest BCUT2D eigenvalue weighted by atomic mass is 16.6. The van der Waals surface area contributed by atoms with Crippen molar-refractivity contribution in [1.82, 2.24) is 9.80 Å². The Bertz CT molecular complexity index is 654. The van der Waals surface area contributed by atoms with Gasteiger partial charge in [0.1, 0.15) is 11.5 Å². The number of carbonyl (C=O) groups is 2. The van der Waals surface area contributed by atoms with Gasteiger partial charge >= 0.3 is 12.2 Å². The summed E-state index contributed by atoms with van der Waals surface area (Å²) in [6.07, 6.45) is -0.899. The molecule has 22 heavy (non-hydrogen) atoms. The molecule has 0 bridgehead atoms. The topological polar surface area (TPSA) is 59.1 Å². The number of fused-ring (bicyclic) bond motifs is 1. The maximum atomic E-state index is 11.6. The average molecular weight is 302 g/mol. The second-order valence-corrected chi connectivity index (χ2v) is 5.20. The van der Waals surface area contributed by atoms with Crippen LogP contribution < -0.4 is 9.47 Å². The lowest BCUT2D eigenvalue weighted by Gasteiger charge is -2.12. The SMILES string of the molecule is CN(C)C(=O)Oc1ccc2ccc(OC(=O)N(C)C)cc2c1. The maximum Gasteiger partial charge on any atom is 0.414 e. The second kappa shape index (κ2) is 6.34. The van der Waals surface area contributed by atoms with Crippen LogP contribution in [0.5, 0.6) is 11.5 Å². The molecule has 0 aliphatic carbocycles. The predicted octanol–water partition coefficient (Wildman–Crippen LogP) is 2.96. The molecule has 0 fully saturated rings. The van der Waals surface area contributed by atoms with E-state index in [2.05, 4.69) is 0 Å². The van der Waals surface area contributed by atoms with Crippen LogP contribution in [0.25, 0.3) is 10.8 Å². The fraction of sp³-hybridized carbons (Fsp3) is 0.250. The van der Waals surface area contributed by atoms with Crippen molar-refractivity contribution in [2.75, 3.05) is 28.2 Å². The molecule has 0 saturated carbocycles. The standard InChI is InChI=1S/C16H18N2O4/c1-17(2)15(19)21-13-7-5-11-6-8-14(10-12(11)9-13)22-16(20)18(3)4/h5-10H,1-4H3. The number of ether oxygens (including phenoxy) is 2. The molecule has 0 aliphatic rings. The van der Waals surface area contributed by atoms with Crippen LogP contribution in [0.4, 0.5) is 9.59 Å². The van der Waals surface area contributed by atoms with Crippen molar-refractivity contribution in [3.63, 3.8) is 0 Å². The van der Waals surface area contributed by atoms with Gasteiger partial charge in [0.05, 0.1) is 0 Å². The van der Waals surface area contributed by atoms with Crippen LogP contribution >= 0.6 is 0 Å². The molecule has 0 radical (unpaired) electrons. The van der Waals surface area contributed by atoms with Gasteiger partial charge in [0, 0.05) is 28.2 Å². The van der Waals surface area contributed by atoms with E-state index in [1.165, 1.54) is 9.80 Å².